The summed E-state index contributed by atoms with van der Waals surface area (Å²) < 4.78 is 0. The Hall–Kier alpha value is -1.69. The number of aryl methyl sites for hydroxylation is 1. The van der Waals surface area contributed by atoms with Crippen LogP contribution in [0.5, 0.6) is 0 Å². The summed E-state index contributed by atoms with van der Waals surface area (Å²) in [5.41, 5.74) is 0.729. The van der Waals surface area contributed by atoms with E-state index in [-0.39, 0.29) is 5.69 Å². The monoisotopic (exact) mass is 276 g/mol. The molecule has 0 spiro atoms. The molecule has 1 aromatic heterocycles. The molecular formula is C14H20N4O2. The number of pyridine rings is 1. The van der Waals surface area contributed by atoms with Gasteiger partial charge < -0.3 is 5.32 Å². The fourth-order valence-electron chi connectivity index (χ4n) is 3.10. The van der Waals surface area contributed by atoms with Crippen LogP contribution < -0.4 is 5.32 Å². The van der Waals surface area contributed by atoms with Crippen LogP contribution in [0.4, 0.5) is 11.5 Å². The van der Waals surface area contributed by atoms with Gasteiger partial charge in [0.05, 0.1) is 4.92 Å². The molecule has 2 unspecified atom stereocenters. The van der Waals surface area contributed by atoms with Crippen molar-refractivity contribution in [2.75, 3.05) is 11.9 Å². The first-order valence-electron chi connectivity index (χ1n) is 7.18. The van der Waals surface area contributed by atoms with Gasteiger partial charge in [0.1, 0.15) is 12.0 Å². The lowest BCUT2D eigenvalue weighted by molar-refractivity contribution is -0.385. The van der Waals surface area contributed by atoms with E-state index >= 15 is 0 Å². The average Bonchev–Trinajstić information content (AvgIpc) is 3.14. The third-order valence-electron chi connectivity index (χ3n) is 4.27. The van der Waals surface area contributed by atoms with Gasteiger partial charge in [-0.25, -0.2) is 4.98 Å². The predicted molar refractivity (Wildman–Crippen MR) is 76.8 cm³/mol. The van der Waals surface area contributed by atoms with Crippen LogP contribution in [0.25, 0.3) is 0 Å². The first-order chi connectivity index (χ1) is 9.54. The molecule has 1 aliphatic carbocycles. The number of anilines is 1. The Labute approximate surface area is 118 Å². The number of aromatic nitrogens is 1. The maximum atomic E-state index is 10.8. The molecule has 2 fully saturated rings. The topological polar surface area (TPSA) is 71.3 Å². The van der Waals surface area contributed by atoms with Crippen LogP contribution in [0.15, 0.2) is 12.3 Å². The Kier molecular flexibility index (Phi) is 3.33. The highest BCUT2D eigenvalue weighted by Crippen LogP contribution is 2.34. The van der Waals surface area contributed by atoms with Gasteiger partial charge in [-0.2, -0.15) is 0 Å². The molecule has 0 bridgehead atoms. The van der Waals surface area contributed by atoms with E-state index in [4.69, 9.17) is 0 Å². The molecule has 0 aromatic carbocycles. The van der Waals surface area contributed by atoms with Crippen molar-refractivity contribution >= 4 is 11.5 Å². The second kappa shape index (κ2) is 5.01. The van der Waals surface area contributed by atoms with Crippen molar-refractivity contribution in [1.82, 2.24) is 9.88 Å². The molecule has 2 heterocycles. The lowest BCUT2D eigenvalue weighted by Crippen LogP contribution is -2.31. The van der Waals surface area contributed by atoms with Crippen molar-refractivity contribution in [3.05, 3.63) is 27.9 Å². The standard InChI is InChI=1S/C14H20N4O2/c1-9-5-14(15-7-13(9)18(19)20)16-11-6-10(2)17(8-11)12-3-4-12/h5,7,10-12H,3-4,6,8H2,1-2H3,(H,15,16). The molecule has 108 valence electrons. The Morgan fingerprint density at radius 3 is 2.85 bits per heavy atom. The van der Waals surface area contributed by atoms with Crippen LogP contribution in [0.1, 0.15) is 31.7 Å². The van der Waals surface area contributed by atoms with Crippen LogP contribution in [-0.4, -0.2) is 39.5 Å². The molecule has 0 amide bonds. The molecular weight excluding hydrogens is 256 g/mol. The van der Waals surface area contributed by atoms with Crippen LogP contribution in [-0.2, 0) is 0 Å². The summed E-state index contributed by atoms with van der Waals surface area (Å²) in [6.45, 7) is 5.07. The van der Waals surface area contributed by atoms with Crippen molar-refractivity contribution in [2.24, 2.45) is 0 Å². The third-order valence-corrected chi connectivity index (χ3v) is 4.27. The van der Waals surface area contributed by atoms with E-state index in [0.717, 1.165) is 24.8 Å². The van der Waals surface area contributed by atoms with Gasteiger partial charge in [0.2, 0.25) is 0 Å². The first-order valence-corrected chi connectivity index (χ1v) is 7.18. The van der Waals surface area contributed by atoms with Gasteiger partial charge in [-0.05, 0) is 39.2 Å². The molecule has 1 aliphatic heterocycles. The Morgan fingerprint density at radius 1 is 1.50 bits per heavy atom. The molecule has 1 N–H and O–H groups in total. The fourth-order valence-corrected chi connectivity index (χ4v) is 3.10. The molecule has 20 heavy (non-hydrogen) atoms. The van der Waals surface area contributed by atoms with Crippen LogP contribution in [0.2, 0.25) is 0 Å². The minimum absolute atomic E-state index is 0.0787. The number of rotatable bonds is 4. The third kappa shape index (κ3) is 2.60. The Bertz CT molecular complexity index is 530. The van der Waals surface area contributed by atoms with Gasteiger partial charge in [-0.1, -0.05) is 0 Å². The van der Waals surface area contributed by atoms with Crippen LogP contribution in [0.3, 0.4) is 0 Å². The predicted octanol–water partition coefficient (Wildman–Crippen LogP) is 2.34. The summed E-state index contributed by atoms with van der Waals surface area (Å²) in [6, 6.07) is 3.55. The van der Waals surface area contributed by atoms with E-state index in [1.165, 1.54) is 19.0 Å². The molecule has 6 nitrogen and oxygen atoms in total. The highest BCUT2D eigenvalue weighted by Gasteiger charge is 2.38. The number of nitrogens with zero attached hydrogens (tertiary/aromatic N) is 3. The average molecular weight is 276 g/mol. The fraction of sp³-hybridized carbons (Fsp3) is 0.643. The molecule has 0 radical (unpaired) electrons. The lowest BCUT2D eigenvalue weighted by atomic mass is 10.2. The molecule has 3 rings (SSSR count). The normalized spacial score (nSPS) is 26.7. The number of nitro groups is 1. The van der Waals surface area contributed by atoms with Gasteiger partial charge in [-0.15, -0.1) is 0 Å². The van der Waals surface area contributed by atoms with Gasteiger partial charge in [-0.3, -0.25) is 15.0 Å². The summed E-state index contributed by atoms with van der Waals surface area (Å²) >= 11 is 0. The zero-order valence-corrected chi connectivity index (χ0v) is 11.9. The van der Waals surface area contributed by atoms with E-state index in [0.29, 0.717) is 17.6 Å². The van der Waals surface area contributed by atoms with Crippen LogP contribution in [0, 0.1) is 17.0 Å². The number of nitrogens with one attached hydrogen (secondary N) is 1. The Morgan fingerprint density at radius 2 is 2.25 bits per heavy atom. The van der Waals surface area contributed by atoms with E-state index in [9.17, 15) is 10.1 Å². The first kappa shape index (κ1) is 13.3. The maximum absolute atomic E-state index is 10.8. The van der Waals surface area contributed by atoms with Crippen molar-refractivity contribution in [3.63, 3.8) is 0 Å². The smallest absolute Gasteiger partial charge is 0.290 e. The number of hydrogen-bond acceptors (Lipinski definition) is 5. The van der Waals surface area contributed by atoms with Crippen molar-refractivity contribution in [1.29, 1.82) is 0 Å². The minimum atomic E-state index is -0.390. The summed E-state index contributed by atoms with van der Waals surface area (Å²) in [5.74, 6) is 0.739. The van der Waals surface area contributed by atoms with E-state index < -0.39 is 4.92 Å². The molecule has 1 saturated heterocycles. The van der Waals surface area contributed by atoms with E-state index in [1.54, 1.807) is 13.0 Å². The minimum Gasteiger partial charge on any atom is -0.366 e. The largest absolute Gasteiger partial charge is 0.366 e. The van der Waals surface area contributed by atoms with Crippen molar-refractivity contribution in [2.45, 2.75) is 51.2 Å². The molecule has 6 heteroatoms. The number of likely N-dealkylation sites (tertiary alicyclic amines) is 1. The van der Waals surface area contributed by atoms with Crippen LogP contribution >= 0.6 is 0 Å². The second-order valence-corrected chi connectivity index (χ2v) is 5.97. The highest BCUT2D eigenvalue weighted by molar-refractivity contribution is 5.47. The summed E-state index contributed by atoms with van der Waals surface area (Å²) in [6.07, 6.45) is 5.10. The second-order valence-electron chi connectivity index (χ2n) is 5.97. The van der Waals surface area contributed by atoms with Crippen molar-refractivity contribution in [3.8, 4) is 0 Å². The molecule has 1 saturated carbocycles. The summed E-state index contributed by atoms with van der Waals surface area (Å²) in [4.78, 5) is 17.1. The van der Waals surface area contributed by atoms with E-state index in [1.807, 2.05) is 0 Å². The zero-order valence-electron chi connectivity index (χ0n) is 11.9. The molecule has 1 aromatic rings. The van der Waals surface area contributed by atoms with Gasteiger partial charge in [0, 0.05) is 30.2 Å². The quantitative estimate of drug-likeness (QED) is 0.675. The van der Waals surface area contributed by atoms with Crippen molar-refractivity contribution < 1.29 is 4.92 Å². The summed E-state index contributed by atoms with van der Waals surface area (Å²) in [7, 11) is 0. The SMILES string of the molecule is Cc1cc(NC2CC(C)N(C3CC3)C2)ncc1[N+](=O)[O-]. The van der Waals surface area contributed by atoms with Gasteiger partial charge in [0.15, 0.2) is 0 Å². The van der Waals surface area contributed by atoms with Gasteiger partial charge in [0.25, 0.3) is 5.69 Å². The summed E-state index contributed by atoms with van der Waals surface area (Å²) in [5, 5.41) is 14.2. The van der Waals surface area contributed by atoms with E-state index in [2.05, 4.69) is 22.1 Å². The molecule has 2 atom stereocenters. The lowest BCUT2D eigenvalue weighted by Gasteiger charge is -2.19. The highest BCUT2D eigenvalue weighted by atomic mass is 16.6. The van der Waals surface area contributed by atoms with Gasteiger partial charge >= 0.3 is 0 Å². The maximum Gasteiger partial charge on any atom is 0.290 e. The number of hydrogen-bond donors (Lipinski definition) is 1. The Balaban J connectivity index is 1.66. The molecule has 2 aliphatic rings. The zero-order chi connectivity index (χ0) is 14.3.